The van der Waals surface area contributed by atoms with Gasteiger partial charge in [-0.2, -0.15) is 0 Å². The van der Waals surface area contributed by atoms with E-state index < -0.39 is 0 Å². The van der Waals surface area contributed by atoms with Gasteiger partial charge in [0.2, 0.25) is 0 Å². The molecule has 0 aromatic heterocycles. The quantitative estimate of drug-likeness (QED) is 0.791. The molecule has 2 rings (SSSR count). The molecule has 1 saturated carbocycles. The first kappa shape index (κ1) is 16.2. The molecule has 4 nitrogen and oxygen atoms in total. The normalized spacial score (nSPS) is 25.2. The standard InChI is InChI=1S/C16H34N4/c1-18(2)8-9-19-10-12-20(13-11-19)16(14-17)15-6-4-3-5-7-15/h15-16H,3-14,17H2,1-2H3. The largest absolute Gasteiger partial charge is 0.329 e. The second-order valence-electron chi connectivity index (χ2n) is 6.88. The van der Waals surface area contributed by atoms with Crippen LogP contribution in [0, 0.1) is 5.92 Å². The first-order valence-electron chi connectivity index (χ1n) is 8.52. The highest BCUT2D eigenvalue weighted by Crippen LogP contribution is 2.29. The van der Waals surface area contributed by atoms with E-state index in [0.717, 1.165) is 12.5 Å². The summed E-state index contributed by atoms with van der Waals surface area (Å²) < 4.78 is 0. The van der Waals surface area contributed by atoms with E-state index in [4.69, 9.17) is 5.73 Å². The molecule has 1 saturated heterocycles. The minimum Gasteiger partial charge on any atom is -0.329 e. The lowest BCUT2D eigenvalue weighted by Crippen LogP contribution is -2.55. The van der Waals surface area contributed by atoms with E-state index in [1.807, 2.05) is 0 Å². The third-order valence-corrected chi connectivity index (χ3v) is 5.17. The van der Waals surface area contributed by atoms with Gasteiger partial charge in [0.25, 0.3) is 0 Å². The van der Waals surface area contributed by atoms with Crippen molar-refractivity contribution in [2.45, 2.75) is 38.1 Å². The summed E-state index contributed by atoms with van der Waals surface area (Å²) in [4.78, 5) is 7.56. The lowest BCUT2D eigenvalue weighted by Gasteiger charge is -2.43. The Morgan fingerprint density at radius 3 is 2.25 bits per heavy atom. The molecule has 4 heteroatoms. The third-order valence-electron chi connectivity index (χ3n) is 5.17. The fourth-order valence-corrected chi connectivity index (χ4v) is 3.82. The van der Waals surface area contributed by atoms with Crippen molar-refractivity contribution in [2.24, 2.45) is 11.7 Å². The molecule has 1 aliphatic heterocycles. The summed E-state index contributed by atoms with van der Waals surface area (Å²) in [5.41, 5.74) is 6.11. The van der Waals surface area contributed by atoms with Crippen LogP contribution in [-0.2, 0) is 0 Å². The van der Waals surface area contributed by atoms with Crippen LogP contribution in [0.3, 0.4) is 0 Å². The van der Waals surface area contributed by atoms with Gasteiger partial charge in [-0.25, -0.2) is 0 Å². The summed E-state index contributed by atoms with van der Waals surface area (Å²) in [7, 11) is 4.31. The van der Waals surface area contributed by atoms with Gasteiger partial charge in [0.05, 0.1) is 0 Å². The highest BCUT2D eigenvalue weighted by molar-refractivity contribution is 4.85. The summed E-state index contributed by atoms with van der Waals surface area (Å²) >= 11 is 0. The van der Waals surface area contributed by atoms with Crippen LogP contribution in [0.1, 0.15) is 32.1 Å². The van der Waals surface area contributed by atoms with E-state index in [9.17, 15) is 0 Å². The molecule has 0 aromatic rings. The van der Waals surface area contributed by atoms with E-state index >= 15 is 0 Å². The fraction of sp³-hybridized carbons (Fsp3) is 1.00. The Hall–Kier alpha value is -0.160. The lowest BCUT2D eigenvalue weighted by atomic mass is 9.83. The average molecular weight is 282 g/mol. The molecular weight excluding hydrogens is 248 g/mol. The van der Waals surface area contributed by atoms with Crippen LogP contribution in [0.4, 0.5) is 0 Å². The Morgan fingerprint density at radius 1 is 1.05 bits per heavy atom. The molecule has 0 bridgehead atoms. The third kappa shape index (κ3) is 4.69. The van der Waals surface area contributed by atoms with Gasteiger partial charge in [-0.05, 0) is 32.9 Å². The van der Waals surface area contributed by atoms with Crippen LogP contribution in [-0.4, -0.2) is 80.7 Å². The Balaban J connectivity index is 1.76. The molecule has 0 amide bonds. The molecule has 1 heterocycles. The molecule has 0 aromatic carbocycles. The molecule has 0 radical (unpaired) electrons. The van der Waals surface area contributed by atoms with Gasteiger partial charge < -0.3 is 10.6 Å². The molecule has 0 spiro atoms. The highest BCUT2D eigenvalue weighted by Gasteiger charge is 2.29. The Labute approximate surface area is 125 Å². The van der Waals surface area contributed by atoms with Crippen molar-refractivity contribution in [1.29, 1.82) is 0 Å². The number of nitrogens with two attached hydrogens (primary N) is 1. The Bertz CT molecular complexity index is 255. The van der Waals surface area contributed by atoms with Gasteiger partial charge in [0.1, 0.15) is 0 Å². The summed E-state index contributed by atoms with van der Waals surface area (Å²) in [5.74, 6) is 0.863. The van der Waals surface area contributed by atoms with E-state index in [-0.39, 0.29) is 0 Å². The van der Waals surface area contributed by atoms with Crippen LogP contribution < -0.4 is 5.73 Å². The summed E-state index contributed by atoms with van der Waals surface area (Å²) in [5, 5.41) is 0. The fourth-order valence-electron chi connectivity index (χ4n) is 3.82. The minimum absolute atomic E-state index is 0.645. The first-order chi connectivity index (χ1) is 9.70. The summed E-state index contributed by atoms with van der Waals surface area (Å²) in [6, 6.07) is 0.645. The molecule has 1 atom stereocenters. The van der Waals surface area contributed by atoms with Gasteiger partial charge in [-0.1, -0.05) is 19.3 Å². The zero-order chi connectivity index (χ0) is 14.4. The number of hydrogen-bond acceptors (Lipinski definition) is 4. The SMILES string of the molecule is CN(C)CCN1CCN(C(CN)C2CCCCC2)CC1. The van der Waals surface area contributed by atoms with Gasteiger partial charge in [0.15, 0.2) is 0 Å². The van der Waals surface area contributed by atoms with Crippen molar-refractivity contribution in [2.75, 3.05) is 59.9 Å². The van der Waals surface area contributed by atoms with Gasteiger partial charge in [0, 0.05) is 51.9 Å². The van der Waals surface area contributed by atoms with E-state index in [0.29, 0.717) is 6.04 Å². The molecule has 2 fully saturated rings. The Morgan fingerprint density at radius 2 is 1.70 bits per heavy atom. The maximum atomic E-state index is 6.11. The monoisotopic (exact) mass is 282 g/mol. The van der Waals surface area contributed by atoms with Crippen LogP contribution in [0.5, 0.6) is 0 Å². The topological polar surface area (TPSA) is 35.7 Å². The van der Waals surface area contributed by atoms with Crippen molar-refractivity contribution in [1.82, 2.24) is 14.7 Å². The van der Waals surface area contributed by atoms with Gasteiger partial charge in [-0.3, -0.25) is 9.80 Å². The average Bonchev–Trinajstić information content (AvgIpc) is 2.48. The predicted molar refractivity (Wildman–Crippen MR) is 86.0 cm³/mol. The minimum atomic E-state index is 0.645. The molecule has 1 aliphatic carbocycles. The molecular formula is C16H34N4. The highest BCUT2D eigenvalue weighted by atomic mass is 15.3. The van der Waals surface area contributed by atoms with Gasteiger partial charge in [-0.15, -0.1) is 0 Å². The number of hydrogen-bond donors (Lipinski definition) is 1. The summed E-state index contributed by atoms with van der Waals surface area (Å²) in [6.07, 6.45) is 7.09. The smallest absolute Gasteiger partial charge is 0.0247 e. The maximum absolute atomic E-state index is 6.11. The van der Waals surface area contributed by atoms with Crippen LogP contribution in [0.15, 0.2) is 0 Å². The van der Waals surface area contributed by atoms with Gasteiger partial charge >= 0.3 is 0 Å². The summed E-state index contributed by atoms with van der Waals surface area (Å²) in [6.45, 7) is 8.09. The van der Waals surface area contributed by atoms with E-state index in [2.05, 4.69) is 28.8 Å². The maximum Gasteiger partial charge on any atom is 0.0247 e. The van der Waals surface area contributed by atoms with Crippen LogP contribution in [0.25, 0.3) is 0 Å². The molecule has 2 aliphatic rings. The van der Waals surface area contributed by atoms with Crippen molar-refractivity contribution in [3.05, 3.63) is 0 Å². The number of nitrogens with zero attached hydrogens (tertiary/aromatic N) is 3. The molecule has 2 N–H and O–H groups in total. The molecule has 20 heavy (non-hydrogen) atoms. The van der Waals surface area contributed by atoms with Crippen molar-refractivity contribution < 1.29 is 0 Å². The molecule has 118 valence electrons. The number of piperazine rings is 1. The zero-order valence-corrected chi connectivity index (χ0v) is 13.6. The number of rotatable bonds is 6. The molecule has 1 unspecified atom stereocenters. The predicted octanol–water partition coefficient (Wildman–Crippen LogP) is 1.07. The second kappa shape index (κ2) is 8.32. The van der Waals surface area contributed by atoms with Crippen LogP contribution >= 0.6 is 0 Å². The Kier molecular flexibility index (Phi) is 6.75. The van der Waals surface area contributed by atoms with Crippen molar-refractivity contribution >= 4 is 0 Å². The first-order valence-corrected chi connectivity index (χ1v) is 8.52. The van der Waals surface area contributed by atoms with Crippen LogP contribution in [0.2, 0.25) is 0 Å². The van der Waals surface area contributed by atoms with E-state index in [1.165, 1.54) is 71.4 Å². The van der Waals surface area contributed by atoms with Crippen molar-refractivity contribution in [3.8, 4) is 0 Å². The van der Waals surface area contributed by atoms with E-state index in [1.54, 1.807) is 0 Å². The van der Waals surface area contributed by atoms with Crippen molar-refractivity contribution in [3.63, 3.8) is 0 Å². The number of likely N-dealkylation sites (N-methyl/N-ethyl adjacent to an activating group) is 1. The second-order valence-corrected chi connectivity index (χ2v) is 6.88. The lowest BCUT2D eigenvalue weighted by molar-refractivity contribution is 0.0597. The zero-order valence-electron chi connectivity index (χ0n) is 13.6.